The summed E-state index contributed by atoms with van der Waals surface area (Å²) in [4.78, 5) is 8.86. The lowest BCUT2D eigenvalue weighted by Crippen LogP contribution is -2.56. The molecule has 1 aromatic heterocycles. The van der Waals surface area contributed by atoms with Gasteiger partial charge in [0.1, 0.15) is 11.4 Å². The van der Waals surface area contributed by atoms with Gasteiger partial charge >= 0.3 is 0 Å². The van der Waals surface area contributed by atoms with Crippen molar-refractivity contribution < 1.29 is 0 Å². The lowest BCUT2D eigenvalue weighted by molar-refractivity contribution is 0.248. The van der Waals surface area contributed by atoms with E-state index in [-0.39, 0.29) is 0 Å². The molecule has 1 saturated carbocycles. The molecular weight excluding hydrogens is 214 g/mol. The summed E-state index contributed by atoms with van der Waals surface area (Å²) in [5.41, 5.74) is 6.96. The van der Waals surface area contributed by atoms with E-state index in [1.165, 1.54) is 25.7 Å². The smallest absolute Gasteiger partial charge is 0.161 e. The summed E-state index contributed by atoms with van der Waals surface area (Å²) < 4.78 is 2.04. The number of hydrogen-bond donors (Lipinski definition) is 2. The summed E-state index contributed by atoms with van der Waals surface area (Å²) in [5.74, 6) is 1.38. The van der Waals surface area contributed by atoms with Gasteiger partial charge in [-0.3, -0.25) is 0 Å². The fourth-order valence-electron chi connectivity index (χ4n) is 3.00. The molecule has 0 saturated heterocycles. The molecule has 1 atom stereocenters. The summed E-state index contributed by atoms with van der Waals surface area (Å²) in [6, 6.07) is 0. The number of imidazole rings is 1. The Morgan fingerprint density at radius 1 is 1.53 bits per heavy atom. The third-order valence-corrected chi connectivity index (χ3v) is 4.03. The van der Waals surface area contributed by atoms with Gasteiger partial charge in [0.25, 0.3) is 0 Å². The summed E-state index contributed by atoms with van der Waals surface area (Å²) in [7, 11) is 0. The highest BCUT2D eigenvalue weighted by atomic mass is 15.3. The molecule has 1 aliphatic heterocycles. The molecule has 0 radical (unpaired) electrons. The predicted molar refractivity (Wildman–Crippen MR) is 67.0 cm³/mol. The van der Waals surface area contributed by atoms with E-state index >= 15 is 0 Å². The van der Waals surface area contributed by atoms with Crippen LogP contribution in [0.1, 0.15) is 38.3 Å². The number of fused-ring (bicyclic) bond motifs is 1. The lowest BCUT2D eigenvalue weighted by atomic mass is 9.88. The van der Waals surface area contributed by atoms with E-state index in [1.54, 1.807) is 6.34 Å². The van der Waals surface area contributed by atoms with E-state index in [0.717, 1.165) is 18.1 Å². The van der Waals surface area contributed by atoms with Crippen molar-refractivity contribution in [2.75, 3.05) is 0 Å². The molecular formula is C12H19N5. The van der Waals surface area contributed by atoms with Crippen LogP contribution < -0.4 is 11.1 Å². The van der Waals surface area contributed by atoms with E-state index in [1.807, 2.05) is 10.9 Å². The standard InChI is InChI=1S/C12H19N5/c1-2-17-8-15-10-11(17)14-7-16-12(10,13)9-5-3-4-6-9/h7-9H,2-6,13H2,1H3,(H,14,16). The average Bonchev–Trinajstić information content (AvgIpc) is 2.99. The van der Waals surface area contributed by atoms with Crippen molar-refractivity contribution in [1.82, 2.24) is 14.9 Å². The van der Waals surface area contributed by atoms with Crippen LogP contribution in [0.2, 0.25) is 0 Å². The largest absolute Gasteiger partial charge is 0.353 e. The highest BCUT2D eigenvalue weighted by Crippen LogP contribution is 2.40. The van der Waals surface area contributed by atoms with Gasteiger partial charge in [0, 0.05) is 12.5 Å². The first kappa shape index (κ1) is 10.8. The zero-order valence-electron chi connectivity index (χ0n) is 10.2. The monoisotopic (exact) mass is 233 g/mol. The van der Waals surface area contributed by atoms with Crippen molar-refractivity contribution >= 4 is 12.2 Å². The Morgan fingerprint density at radius 2 is 2.29 bits per heavy atom. The lowest BCUT2D eigenvalue weighted by Gasteiger charge is -2.36. The first-order valence-corrected chi connectivity index (χ1v) is 6.40. The van der Waals surface area contributed by atoms with Crippen LogP contribution in [0.15, 0.2) is 11.3 Å². The van der Waals surface area contributed by atoms with Crippen LogP contribution in [0.3, 0.4) is 0 Å². The third-order valence-electron chi connectivity index (χ3n) is 4.03. The summed E-state index contributed by atoms with van der Waals surface area (Å²) in [5, 5.41) is 3.24. The number of nitrogens with two attached hydrogens (primary N) is 1. The Bertz CT molecular complexity index is 444. The van der Waals surface area contributed by atoms with E-state index < -0.39 is 5.66 Å². The van der Waals surface area contributed by atoms with Crippen LogP contribution >= 0.6 is 0 Å². The molecule has 2 heterocycles. The second kappa shape index (κ2) is 3.84. The first-order chi connectivity index (χ1) is 8.25. The average molecular weight is 233 g/mol. The molecule has 2 aliphatic rings. The predicted octanol–water partition coefficient (Wildman–Crippen LogP) is 1.47. The van der Waals surface area contributed by atoms with Gasteiger partial charge < -0.3 is 15.6 Å². The van der Waals surface area contributed by atoms with Gasteiger partial charge in [-0.05, 0) is 19.8 Å². The molecule has 1 fully saturated rings. The number of nitrogens with one attached hydrogen (secondary N) is 1. The minimum atomic E-state index is -0.520. The van der Waals surface area contributed by atoms with Crippen molar-refractivity contribution in [2.45, 2.75) is 44.8 Å². The van der Waals surface area contributed by atoms with Crippen LogP contribution in [0.25, 0.3) is 0 Å². The minimum absolute atomic E-state index is 0.466. The second-order valence-corrected chi connectivity index (χ2v) is 4.96. The molecule has 0 spiro atoms. The molecule has 1 aliphatic carbocycles. The summed E-state index contributed by atoms with van der Waals surface area (Å²) in [6.07, 6.45) is 8.46. The van der Waals surface area contributed by atoms with Crippen LogP contribution in [0.4, 0.5) is 5.82 Å². The van der Waals surface area contributed by atoms with Gasteiger partial charge in [0.15, 0.2) is 5.82 Å². The molecule has 0 amide bonds. The molecule has 5 nitrogen and oxygen atoms in total. The zero-order valence-corrected chi connectivity index (χ0v) is 10.2. The van der Waals surface area contributed by atoms with Crippen LogP contribution in [0, 0.1) is 5.92 Å². The van der Waals surface area contributed by atoms with E-state index in [4.69, 9.17) is 5.73 Å². The van der Waals surface area contributed by atoms with Crippen molar-refractivity contribution in [2.24, 2.45) is 16.6 Å². The van der Waals surface area contributed by atoms with Crippen LogP contribution in [0.5, 0.6) is 0 Å². The van der Waals surface area contributed by atoms with Gasteiger partial charge in [-0.2, -0.15) is 0 Å². The van der Waals surface area contributed by atoms with Gasteiger partial charge in [-0.25, -0.2) is 9.98 Å². The van der Waals surface area contributed by atoms with Crippen molar-refractivity contribution in [1.29, 1.82) is 0 Å². The zero-order chi connectivity index (χ0) is 11.9. The molecule has 1 aromatic rings. The quantitative estimate of drug-likeness (QED) is 0.812. The molecule has 3 N–H and O–H groups in total. The number of nitrogens with zero attached hydrogens (tertiary/aromatic N) is 3. The molecule has 3 rings (SSSR count). The molecule has 0 aromatic carbocycles. The van der Waals surface area contributed by atoms with Crippen molar-refractivity contribution in [3.05, 3.63) is 12.0 Å². The van der Waals surface area contributed by atoms with Gasteiger partial charge in [0.05, 0.1) is 12.7 Å². The number of aliphatic imine (C=N–C) groups is 1. The second-order valence-electron chi connectivity index (χ2n) is 4.96. The van der Waals surface area contributed by atoms with Crippen LogP contribution in [-0.2, 0) is 12.2 Å². The number of rotatable bonds is 2. The van der Waals surface area contributed by atoms with Crippen molar-refractivity contribution in [3.8, 4) is 0 Å². The van der Waals surface area contributed by atoms with Crippen LogP contribution in [-0.4, -0.2) is 15.9 Å². The highest BCUT2D eigenvalue weighted by Gasteiger charge is 2.43. The van der Waals surface area contributed by atoms with E-state index in [9.17, 15) is 0 Å². The Hall–Kier alpha value is -1.36. The van der Waals surface area contributed by atoms with E-state index in [2.05, 4.69) is 22.2 Å². The Morgan fingerprint density at radius 3 is 3.00 bits per heavy atom. The number of aromatic nitrogens is 2. The van der Waals surface area contributed by atoms with Gasteiger partial charge in [-0.15, -0.1) is 0 Å². The molecule has 5 heteroatoms. The molecule has 0 bridgehead atoms. The third kappa shape index (κ3) is 1.49. The maximum atomic E-state index is 6.57. The molecule has 92 valence electrons. The van der Waals surface area contributed by atoms with Gasteiger partial charge in [0.2, 0.25) is 0 Å². The molecule has 17 heavy (non-hydrogen) atoms. The summed E-state index contributed by atoms with van der Waals surface area (Å²) >= 11 is 0. The first-order valence-electron chi connectivity index (χ1n) is 6.40. The van der Waals surface area contributed by atoms with E-state index in [0.29, 0.717) is 5.92 Å². The molecule has 1 unspecified atom stereocenters. The fourth-order valence-corrected chi connectivity index (χ4v) is 3.00. The van der Waals surface area contributed by atoms with Crippen molar-refractivity contribution in [3.63, 3.8) is 0 Å². The Balaban J connectivity index is 2.03. The Kier molecular flexibility index (Phi) is 2.43. The highest BCUT2D eigenvalue weighted by molar-refractivity contribution is 5.66. The number of hydrogen-bond acceptors (Lipinski definition) is 4. The Labute approximate surface area is 101 Å². The topological polar surface area (TPSA) is 68.2 Å². The number of aryl methyl sites for hydroxylation is 1. The maximum Gasteiger partial charge on any atom is 0.161 e. The van der Waals surface area contributed by atoms with Gasteiger partial charge in [-0.1, -0.05) is 12.8 Å². The SMILES string of the molecule is CCn1cnc2c1N=CNC2(N)C1CCCC1. The normalized spacial score (nSPS) is 28.1. The summed E-state index contributed by atoms with van der Waals surface area (Å²) in [6.45, 7) is 2.97. The fraction of sp³-hybridized carbons (Fsp3) is 0.667. The minimum Gasteiger partial charge on any atom is -0.353 e. The maximum absolute atomic E-state index is 6.57.